The number of ether oxygens (including phenoxy) is 1. The van der Waals surface area contributed by atoms with E-state index in [1.165, 1.54) is 11.8 Å². The van der Waals surface area contributed by atoms with E-state index in [9.17, 15) is 14.4 Å². The number of rotatable bonds is 7. The molecule has 1 atom stereocenters. The molecule has 0 bridgehead atoms. The summed E-state index contributed by atoms with van der Waals surface area (Å²) in [5.74, 6) is -1.33. The number of carbonyl (C=O) groups is 3. The SMILES string of the molecule is C[C@@H](NC(=O)c1ccccc1)C(=O)OCC(=O)N(C)Cc1ccsc1. The summed E-state index contributed by atoms with van der Waals surface area (Å²) in [5, 5.41) is 6.44. The van der Waals surface area contributed by atoms with E-state index in [1.807, 2.05) is 16.8 Å². The highest BCUT2D eigenvalue weighted by molar-refractivity contribution is 7.07. The van der Waals surface area contributed by atoms with Crippen LogP contribution in [0.4, 0.5) is 0 Å². The second kappa shape index (κ2) is 8.98. The van der Waals surface area contributed by atoms with Crippen LogP contribution in [0.1, 0.15) is 22.8 Å². The summed E-state index contributed by atoms with van der Waals surface area (Å²) in [6.45, 7) is 1.62. The molecule has 0 saturated heterocycles. The Morgan fingerprint density at radius 1 is 1.20 bits per heavy atom. The van der Waals surface area contributed by atoms with Crippen LogP contribution in [-0.4, -0.2) is 42.4 Å². The van der Waals surface area contributed by atoms with Crippen molar-refractivity contribution in [2.45, 2.75) is 19.5 Å². The number of hydrogen-bond acceptors (Lipinski definition) is 5. The summed E-state index contributed by atoms with van der Waals surface area (Å²) in [7, 11) is 1.65. The fourth-order valence-electron chi connectivity index (χ4n) is 2.04. The first-order valence-corrected chi connectivity index (χ1v) is 8.69. The molecular weight excluding hydrogens is 340 g/mol. The Labute approximate surface area is 150 Å². The van der Waals surface area contributed by atoms with Crippen molar-refractivity contribution in [3.8, 4) is 0 Å². The summed E-state index contributed by atoms with van der Waals surface area (Å²) in [6, 6.07) is 9.66. The second-order valence-electron chi connectivity index (χ2n) is 5.55. The minimum absolute atomic E-state index is 0.305. The number of thiophene rings is 1. The predicted octanol–water partition coefficient (Wildman–Crippen LogP) is 2.07. The number of carbonyl (C=O) groups excluding carboxylic acids is 3. The van der Waals surface area contributed by atoms with Crippen LogP contribution >= 0.6 is 11.3 Å². The second-order valence-corrected chi connectivity index (χ2v) is 6.33. The number of benzene rings is 1. The van der Waals surface area contributed by atoms with Gasteiger partial charge in [-0.1, -0.05) is 18.2 Å². The molecule has 0 spiro atoms. The number of likely N-dealkylation sites (N-methyl/N-ethyl adjacent to an activating group) is 1. The molecule has 2 amide bonds. The molecule has 1 aromatic carbocycles. The minimum Gasteiger partial charge on any atom is -0.454 e. The van der Waals surface area contributed by atoms with Crippen LogP contribution < -0.4 is 5.32 Å². The number of nitrogens with one attached hydrogen (secondary N) is 1. The van der Waals surface area contributed by atoms with Gasteiger partial charge in [0.25, 0.3) is 11.8 Å². The summed E-state index contributed by atoms with van der Waals surface area (Å²) < 4.78 is 5.00. The van der Waals surface area contributed by atoms with Crippen molar-refractivity contribution in [3.05, 3.63) is 58.3 Å². The number of esters is 1. The highest BCUT2D eigenvalue weighted by atomic mass is 32.1. The van der Waals surface area contributed by atoms with E-state index in [1.54, 1.807) is 48.7 Å². The van der Waals surface area contributed by atoms with Crippen LogP contribution in [0.25, 0.3) is 0 Å². The lowest BCUT2D eigenvalue weighted by atomic mass is 10.2. The highest BCUT2D eigenvalue weighted by Gasteiger charge is 2.20. The zero-order valence-corrected chi connectivity index (χ0v) is 14.9. The van der Waals surface area contributed by atoms with Crippen molar-refractivity contribution in [2.24, 2.45) is 0 Å². The third-order valence-corrected chi connectivity index (χ3v) is 4.23. The van der Waals surface area contributed by atoms with Crippen molar-refractivity contribution >= 4 is 29.1 Å². The Bertz CT molecular complexity index is 716. The van der Waals surface area contributed by atoms with Crippen LogP contribution in [0.2, 0.25) is 0 Å². The third-order valence-electron chi connectivity index (χ3n) is 3.50. The Morgan fingerprint density at radius 2 is 1.92 bits per heavy atom. The molecular formula is C18H20N2O4S. The Morgan fingerprint density at radius 3 is 2.56 bits per heavy atom. The first-order valence-electron chi connectivity index (χ1n) is 7.75. The van der Waals surface area contributed by atoms with Gasteiger partial charge in [0.1, 0.15) is 6.04 Å². The molecule has 1 heterocycles. The highest BCUT2D eigenvalue weighted by Crippen LogP contribution is 2.08. The molecule has 2 aromatic rings. The molecule has 132 valence electrons. The molecule has 0 fully saturated rings. The van der Waals surface area contributed by atoms with Gasteiger partial charge in [-0.15, -0.1) is 0 Å². The molecule has 0 saturated carbocycles. The number of nitrogens with zero attached hydrogens (tertiary/aromatic N) is 1. The van der Waals surface area contributed by atoms with Crippen LogP contribution in [0.15, 0.2) is 47.2 Å². The topological polar surface area (TPSA) is 75.7 Å². The Kier molecular flexibility index (Phi) is 6.71. The quantitative estimate of drug-likeness (QED) is 0.767. The van der Waals surface area contributed by atoms with Gasteiger partial charge in [0.05, 0.1) is 0 Å². The minimum atomic E-state index is -0.845. The van der Waals surface area contributed by atoms with Crippen molar-refractivity contribution in [2.75, 3.05) is 13.7 Å². The van der Waals surface area contributed by atoms with Crippen molar-refractivity contribution in [1.82, 2.24) is 10.2 Å². The smallest absolute Gasteiger partial charge is 0.328 e. The fourth-order valence-corrected chi connectivity index (χ4v) is 2.70. The van der Waals surface area contributed by atoms with E-state index >= 15 is 0 Å². The third kappa shape index (κ3) is 5.72. The maximum atomic E-state index is 12.0. The monoisotopic (exact) mass is 360 g/mol. The van der Waals surface area contributed by atoms with Crippen LogP contribution in [0, 0.1) is 0 Å². The van der Waals surface area contributed by atoms with Gasteiger partial charge in [-0.25, -0.2) is 4.79 Å². The van der Waals surface area contributed by atoms with E-state index in [0.29, 0.717) is 12.1 Å². The van der Waals surface area contributed by atoms with E-state index in [0.717, 1.165) is 5.56 Å². The van der Waals surface area contributed by atoms with Gasteiger partial charge in [0, 0.05) is 19.2 Å². The molecule has 0 aliphatic carbocycles. The molecule has 0 unspecified atom stereocenters. The maximum Gasteiger partial charge on any atom is 0.328 e. The van der Waals surface area contributed by atoms with E-state index < -0.39 is 12.0 Å². The van der Waals surface area contributed by atoms with Gasteiger partial charge in [-0.3, -0.25) is 9.59 Å². The first-order chi connectivity index (χ1) is 12.0. The molecule has 2 rings (SSSR count). The van der Waals surface area contributed by atoms with Gasteiger partial charge in [0.15, 0.2) is 6.61 Å². The number of amides is 2. The molecule has 1 N–H and O–H groups in total. The van der Waals surface area contributed by atoms with Gasteiger partial charge in [-0.05, 0) is 41.4 Å². The average molecular weight is 360 g/mol. The van der Waals surface area contributed by atoms with Crippen molar-refractivity contribution < 1.29 is 19.1 Å². The molecule has 25 heavy (non-hydrogen) atoms. The lowest BCUT2D eigenvalue weighted by Gasteiger charge is -2.18. The molecule has 0 aliphatic heterocycles. The fraction of sp³-hybridized carbons (Fsp3) is 0.278. The molecule has 7 heteroatoms. The van der Waals surface area contributed by atoms with Gasteiger partial charge >= 0.3 is 5.97 Å². The van der Waals surface area contributed by atoms with Gasteiger partial charge < -0.3 is 15.0 Å². The zero-order chi connectivity index (χ0) is 18.2. The lowest BCUT2D eigenvalue weighted by molar-refractivity contribution is -0.152. The maximum absolute atomic E-state index is 12.0. The molecule has 6 nitrogen and oxygen atoms in total. The zero-order valence-electron chi connectivity index (χ0n) is 14.1. The standard InChI is InChI=1S/C18H20N2O4S/c1-13(19-17(22)15-6-4-3-5-7-15)18(23)24-11-16(21)20(2)10-14-8-9-25-12-14/h3-9,12-13H,10-11H2,1-2H3,(H,19,22)/t13-/m1/s1. The average Bonchev–Trinajstić information content (AvgIpc) is 3.12. The number of hydrogen-bond donors (Lipinski definition) is 1. The van der Waals surface area contributed by atoms with E-state index in [4.69, 9.17) is 4.74 Å². The summed E-state index contributed by atoms with van der Waals surface area (Å²) >= 11 is 1.56. The van der Waals surface area contributed by atoms with Crippen molar-refractivity contribution in [3.63, 3.8) is 0 Å². The predicted molar refractivity (Wildman–Crippen MR) is 95.1 cm³/mol. The molecule has 0 radical (unpaired) electrons. The summed E-state index contributed by atoms with van der Waals surface area (Å²) in [4.78, 5) is 37.4. The van der Waals surface area contributed by atoms with Crippen LogP contribution in [0.3, 0.4) is 0 Å². The lowest BCUT2D eigenvalue weighted by Crippen LogP contribution is -2.41. The van der Waals surface area contributed by atoms with E-state index in [2.05, 4.69) is 5.32 Å². The van der Waals surface area contributed by atoms with Crippen LogP contribution in [0.5, 0.6) is 0 Å². The Balaban J connectivity index is 1.76. The van der Waals surface area contributed by atoms with Gasteiger partial charge in [0.2, 0.25) is 0 Å². The normalized spacial score (nSPS) is 11.4. The van der Waals surface area contributed by atoms with Crippen LogP contribution in [-0.2, 0) is 20.9 Å². The van der Waals surface area contributed by atoms with Crippen molar-refractivity contribution in [1.29, 1.82) is 0 Å². The Hall–Kier alpha value is -2.67. The summed E-state index contributed by atoms with van der Waals surface area (Å²) in [5.41, 5.74) is 1.48. The first kappa shape index (κ1) is 18.7. The summed E-state index contributed by atoms with van der Waals surface area (Å²) in [6.07, 6.45) is 0. The largest absolute Gasteiger partial charge is 0.454 e. The van der Waals surface area contributed by atoms with Gasteiger partial charge in [-0.2, -0.15) is 11.3 Å². The van der Waals surface area contributed by atoms with E-state index in [-0.39, 0.29) is 18.4 Å². The molecule has 1 aromatic heterocycles. The molecule has 0 aliphatic rings.